The number of anilines is 1. The SMILES string of the molecule is COC(=O)CCOc1ccc(NC(=O)[C@@H](N)CC(C)C)cc1. The van der Waals surface area contributed by atoms with E-state index in [0.717, 1.165) is 0 Å². The lowest BCUT2D eigenvalue weighted by Crippen LogP contribution is -2.36. The summed E-state index contributed by atoms with van der Waals surface area (Å²) in [5.41, 5.74) is 6.48. The molecule has 122 valence electrons. The van der Waals surface area contributed by atoms with Crippen molar-refractivity contribution in [2.45, 2.75) is 32.7 Å². The van der Waals surface area contributed by atoms with Gasteiger partial charge in [-0.1, -0.05) is 13.8 Å². The van der Waals surface area contributed by atoms with Gasteiger partial charge in [0, 0.05) is 5.69 Å². The number of amides is 1. The molecule has 0 radical (unpaired) electrons. The van der Waals surface area contributed by atoms with Gasteiger partial charge in [0.2, 0.25) is 5.91 Å². The average Bonchev–Trinajstić information content (AvgIpc) is 2.48. The van der Waals surface area contributed by atoms with Crippen LogP contribution in [-0.4, -0.2) is 31.6 Å². The number of ether oxygens (including phenoxy) is 2. The topological polar surface area (TPSA) is 90.6 Å². The average molecular weight is 308 g/mol. The summed E-state index contributed by atoms with van der Waals surface area (Å²) in [5, 5.41) is 2.76. The lowest BCUT2D eigenvalue weighted by Gasteiger charge is -2.14. The molecular formula is C16H24N2O4. The zero-order valence-electron chi connectivity index (χ0n) is 13.3. The van der Waals surface area contributed by atoms with Crippen molar-refractivity contribution in [3.05, 3.63) is 24.3 Å². The Labute approximate surface area is 131 Å². The van der Waals surface area contributed by atoms with Crippen molar-refractivity contribution in [3.63, 3.8) is 0 Å². The molecule has 0 saturated heterocycles. The van der Waals surface area contributed by atoms with Crippen molar-refractivity contribution >= 4 is 17.6 Å². The molecule has 0 bridgehead atoms. The van der Waals surface area contributed by atoms with Gasteiger partial charge in [-0.15, -0.1) is 0 Å². The summed E-state index contributed by atoms with van der Waals surface area (Å²) in [7, 11) is 1.34. The summed E-state index contributed by atoms with van der Waals surface area (Å²) in [6, 6.07) is 6.39. The fourth-order valence-electron chi connectivity index (χ4n) is 1.84. The van der Waals surface area contributed by atoms with Crippen molar-refractivity contribution in [1.82, 2.24) is 0 Å². The van der Waals surface area contributed by atoms with Gasteiger partial charge in [-0.2, -0.15) is 0 Å². The molecule has 1 aromatic carbocycles. The second kappa shape index (κ2) is 9.04. The minimum absolute atomic E-state index is 0.193. The van der Waals surface area contributed by atoms with Crippen LogP contribution in [0.4, 0.5) is 5.69 Å². The van der Waals surface area contributed by atoms with Crippen LogP contribution in [0, 0.1) is 5.92 Å². The maximum absolute atomic E-state index is 11.9. The number of rotatable bonds is 8. The Morgan fingerprint density at radius 1 is 1.23 bits per heavy atom. The molecule has 0 aliphatic rings. The molecule has 3 N–H and O–H groups in total. The summed E-state index contributed by atoms with van der Waals surface area (Å²) in [4.78, 5) is 22.9. The molecule has 0 aromatic heterocycles. The van der Waals surface area contributed by atoms with Crippen molar-refractivity contribution in [3.8, 4) is 5.75 Å². The van der Waals surface area contributed by atoms with E-state index in [4.69, 9.17) is 10.5 Å². The Morgan fingerprint density at radius 3 is 2.41 bits per heavy atom. The fourth-order valence-corrected chi connectivity index (χ4v) is 1.84. The van der Waals surface area contributed by atoms with E-state index in [9.17, 15) is 9.59 Å². The monoisotopic (exact) mass is 308 g/mol. The second-order valence-corrected chi connectivity index (χ2v) is 5.42. The molecule has 0 fully saturated rings. The number of methoxy groups -OCH3 is 1. The van der Waals surface area contributed by atoms with E-state index in [1.165, 1.54) is 7.11 Å². The van der Waals surface area contributed by atoms with E-state index in [1.807, 2.05) is 13.8 Å². The fraction of sp³-hybridized carbons (Fsp3) is 0.500. The first-order valence-corrected chi connectivity index (χ1v) is 7.28. The summed E-state index contributed by atoms with van der Waals surface area (Å²) in [6.45, 7) is 4.29. The van der Waals surface area contributed by atoms with E-state index in [-0.39, 0.29) is 24.9 Å². The Hall–Kier alpha value is -2.08. The van der Waals surface area contributed by atoms with Crippen molar-refractivity contribution in [1.29, 1.82) is 0 Å². The molecule has 1 amide bonds. The molecule has 0 aliphatic heterocycles. The Kier molecular flexibility index (Phi) is 7.39. The van der Waals surface area contributed by atoms with E-state index < -0.39 is 6.04 Å². The van der Waals surface area contributed by atoms with Gasteiger partial charge in [-0.3, -0.25) is 9.59 Å². The van der Waals surface area contributed by atoms with Gasteiger partial charge in [0.25, 0.3) is 0 Å². The van der Waals surface area contributed by atoms with Gasteiger partial charge in [-0.05, 0) is 36.6 Å². The third-order valence-electron chi connectivity index (χ3n) is 2.99. The molecule has 1 rings (SSSR count). The van der Waals surface area contributed by atoms with Gasteiger partial charge in [0.15, 0.2) is 0 Å². The summed E-state index contributed by atoms with van der Waals surface area (Å²) < 4.78 is 9.92. The minimum Gasteiger partial charge on any atom is -0.493 e. The zero-order valence-corrected chi connectivity index (χ0v) is 13.3. The number of benzene rings is 1. The van der Waals surface area contributed by atoms with Crippen molar-refractivity contribution in [2.24, 2.45) is 11.7 Å². The van der Waals surface area contributed by atoms with E-state index in [1.54, 1.807) is 24.3 Å². The summed E-state index contributed by atoms with van der Waals surface area (Å²) in [6.07, 6.45) is 0.833. The largest absolute Gasteiger partial charge is 0.493 e. The molecule has 0 saturated carbocycles. The zero-order chi connectivity index (χ0) is 16.5. The Morgan fingerprint density at radius 2 is 1.86 bits per heavy atom. The normalized spacial score (nSPS) is 11.9. The van der Waals surface area contributed by atoms with Crippen LogP contribution in [0.15, 0.2) is 24.3 Å². The number of carbonyl (C=O) groups is 2. The molecular weight excluding hydrogens is 284 g/mol. The summed E-state index contributed by atoms with van der Waals surface area (Å²) >= 11 is 0. The third-order valence-corrected chi connectivity index (χ3v) is 2.99. The predicted octanol–water partition coefficient (Wildman–Crippen LogP) is 1.94. The first-order chi connectivity index (χ1) is 10.4. The molecule has 0 unspecified atom stereocenters. The molecule has 6 heteroatoms. The highest BCUT2D eigenvalue weighted by Crippen LogP contribution is 2.16. The van der Waals surface area contributed by atoms with Crippen molar-refractivity contribution < 1.29 is 19.1 Å². The number of hydrogen-bond acceptors (Lipinski definition) is 5. The van der Waals surface area contributed by atoms with Crippen LogP contribution in [0.1, 0.15) is 26.7 Å². The van der Waals surface area contributed by atoms with Gasteiger partial charge in [0.05, 0.1) is 26.2 Å². The maximum Gasteiger partial charge on any atom is 0.308 e. The lowest BCUT2D eigenvalue weighted by molar-refractivity contribution is -0.141. The maximum atomic E-state index is 11.9. The van der Waals surface area contributed by atoms with Crippen molar-refractivity contribution in [2.75, 3.05) is 19.0 Å². The van der Waals surface area contributed by atoms with Gasteiger partial charge in [-0.25, -0.2) is 0 Å². The van der Waals surface area contributed by atoms with Crippen LogP contribution in [0.5, 0.6) is 5.75 Å². The molecule has 0 spiro atoms. The van der Waals surface area contributed by atoms with E-state index in [0.29, 0.717) is 23.8 Å². The third kappa shape index (κ3) is 6.58. The van der Waals surface area contributed by atoms with Crippen LogP contribution in [0.25, 0.3) is 0 Å². The highest BCUT2D eigenvalue weighted by Gasteiger charge is 2.14. The minimum atomic E-state index is -0.518. The highest BCUT2D eigenvalue weighted by molar-refractivity contribution is 5.94. The van der Waals surface area contributed by atoms with Crippen LogP contribution >= 0.6 is 0 Å². The Balaban J connectivity index is 2.44. The van der Waals surface area contributed by atoms with E-state index >= 15 is 0 Å². The first-order valence-electron chi connectivity index (χ1n) is 7.28. The predicted molar refractivity (Wildman–Crippen MR) is 84.6 cm³/mol. The summed E-state index contributed by atoms with van der Waals surface area (Å²) in [5.74, 6) is 0.468. The smallest absolute Gasteiger partial charge is 0.308 e. The second-order valence-electron chi connectivity index (χ2n) is 5.42. The molecule has 0 heterocycles. The highest BCUT2D eigenvalue weighted by atomic mass is 16.5. The van der Waals surface area contributed by atoms with Gasteiger partial charge >= 0.3 is 5.97 Å². The van der Waals surface area contributed by atoms with Crippen LogP contribution < -0.4 is 15.8 Å². The lowest BCUT2D eigenvalue weighted by atomic mass is 10.0. The molecule has 1 aromatic rings. The number of nitrogens with two attached hydrogens (primary N) is 1. The van der Waals surface area contributed by atoms with Gasteiger partial charge < -0.3 is 20.5 Å². The van der Waals surface area contributed by atoms with E-state index in [2.05, 4.69) is 10.1 Å². The molecule has 0 aliphatic carbocycles. The number of esters is 1. The number of nitrogens with one attached hydrogen (secondary N) is 1. The number of carbonyl (C=O) groups excluding carboxylic acids is 2. The molecule has 6 nitrogen and oxygen atoms in total. The standard InChI is InChI=1S/C16H24N2O4/c1-11(2)10-14(17)16(20)18-12-4-6-13(7-5-12)22-9-8-15(19)21-3/h4-7,11,14H,8-10,17H2,1-3H3,(H,18,20)/t14-/m0/s1. The number of hydrogen-bond donors (Lipinski definition) is 2. The molecule has 22 heavy (non-hydrogen) atoms. The van der Waals surface area contributed by atoms with Crippen LogP contribution in [0.2, 0.25) is 0 Å². The van der Waals surface area contributed by atoms with Crippen LogP contribution in [-0.2, 0) is 14.3 Å². The van der Waals surface area contributed by atoms with Crippen LogP contribution in [0.3, 0.4) is 0 Å². The first kappa shape index (κ1) is 18.0. The quantitative estimate of drug-likeness (QED) is 0.716. The Bertz CT molecular complexity index is 485. The molecule has 1 atom stereocenters. The van der Waals surface area contributed by atoms with Gasteiger partial charge in [0.1, 0.15) is 5.75 Å².